The van der Waals surface area contributed by atoms with Gasteiger partial charge in [0.2, 0.25) is 0 Å². The summed E-state index contributed by atoms with van der Waals surface area (Å²) in [5.41, 5.74) is 3.19. The van der Waals surface area contributed by atoms with Crippen LogP contribution >= 0.6 is 0 Å². The van der Waals surface area contributed by atoms with E-state index >= 15 is 0 Å². The number of benzene rings is 1. The van der Waals surface area contributed by atoms with Gasteiger partial charge in [0.1, 0.15) is 0 Å². The van der Waals surface area contributed by atoms with Crippen LogP contribution in [-0.4, -0.2) is 18.8 Å². The van der Waals surface area contributed by atoms with Gasteiger partial charge >= 0.3 is 0 Å². The molecule has 0 bridgehead atoms. The normalized spacial score (nSPS) is 27.2. The molecule has 0 aromatic heterocycles. The second-order valence-corrected chi connectivity index (χ2v) is 6.71. The molecule has 0 aliphatic heterocycles. The number of hydrogen-bond acceptors (Lipinski definition) is 2. The summed E-state index contributed by atoms with van der Waals surface area (Å²) in [4.78, 5) is 0. The predicted octanol–water partition coefficient (Wildman–Crippen LogP) is 4.57. The Bertz CT molecular complexity index is 464. The minimum atomic E-state index is 0.431. The van der Waals surface area contributed by atoms with Gasteiger partial charge in [-0.3, -0.25) is 0 Å². The summed E-state index contributed by atoms with van der Waals surface area (Å²) in [6.45, 7) is 7.50. The zero-order chi connectivity index (χ0) is 14.2. The molecule has 20 heavy (non-hydrogen) atoms. The molecule has 1 aromatic carbocycles. The highest BCUT2D eigenvalue weighted by Crippen LogP contribution is 2.58. The van der Waals surface area contributed by atoms with Crippen molar-refractivity contribution in [2.24, 2.45) is 5.41 Å². The number of rotatable bonds is 5. The van der Waals surface area contributed by atoms with Gasteiger partial charge in [-0.05, 0) is 43.7 Å². The summed E-state index contributed by atoms with van der Waals surface area (Å²) >= 11 is 0. The first-order chi connectivity index (χ1) is 9.67. The fourth-order valence-electron chi connectivity index (χ4n) is 3.96. The minimum Gasteiger partial charge on any atom is -0.381 e. The Morgan fingerprint density at radius 2 is 2.05 bits per heavy atom. The Kier molecular flexibility index (Phi) is 3.76. The van der Waals surface area contributed by atoms with Crippen molar-refractivity contribution in [2.45, 2.75) is 64.5 Å². The van der Waals surface area contributed by atoms with E-state index in [2.05, 4.69) is 50.4 Å². The average Bonchev–Trinajstić information content (AvgIpc) is 2.35. The summed E-state index contributed by atoms with van der Waals surface area (Å²) < 4.78 is 5.94. The van der Waals surface area contributed by atoms with Crippen LogP contribution in [-0.2, 0) is 4.74 Å². The van der Waals surface area contributed by atoms with Crippen molar-refractivity contribution in [1.29, 1.82) is 0 Å². The van der Waals surface area contributed by atoms with Crippen LogP contribution in [0.4, 0.5) is 5.69 Å². The third-order valence-electron chi connectivity index (χ3n) is 5.35. The van der Waals surface area contributed by atoms with E-state index in [1.165, 1.54) is 36.9 Å². The summed E-state index contributed by atoms with van der Waals surface area (Å²) in [5, 5.41) is 3.83. The molecule has 2 aliphatic carbocycles. The first kappa shape index (κ1) is 13.9. The van der Waals surface area contributed by atoms with Crippen LogP contribution in [0.15, 0.2) is 24.3 Å². The lowest BCUT2D eigenvalue weighted by Crippen LogP contribution is -2.64. The van der Waals surface area contributed by atoms with Gasteiger partial charge in [0.25, 0.3) is 0 Å². The van der Waals surface area contributed by atoms with Crippen LogP contribution in [0.1, 0.15) is 57.9 Å². The smallest absolute Gasteiger partial charge is 0.0670 e. The van der Waals surface area contributed by atoms with Gasteiger partial charge < -0.3 is 10.1 Å². The Morgan fingerprint density at radius 1 is 1.30 bits per heavy atom. The molecule has 0 heterocycles. The first-order valence-electron chi connectivity index (χ1n) is 8.14. The maximum absolute atomic E-state index is 5.94. The van der Waals surface area contributed by atoms with Gasteiger partial charge in [0, 0.05) is 23.8 Å². The van der Waals surface area contributed by atoms with Crippen LogP contribution in [0.5, 0.6) is 0 Å². The van der Waals surface area contributed by atoms with Crippen molar-refractivity contribution >= 4 is 5.69 Å². The molecule has 110 valence electrons. The molecule has 2 aliphatic rings. The maximum atomic E-state index is 5.94. The van der Waals surface area contributed by atoms with Crippen molar-refractivity contribution < 1.29 is 4.74 Å². The van der Waals surface area contributed by atoms with Crippen molar-refractivity contribution in [1.82, 2.24) is 0 Å². The topological polar surface area (TPSA) is 21.3 Å². The van der Waals surface area contributed by atoms with Crippen molar-refractivity contribution in [3.8, 4) is 0 Å². The Labute approximate surface area is 122 Å². The Hall–Kier alpha value is -1.02. The molecule has 2 nitrogen and oxygen atoms in total. The van der Waals surface area contributed by atoms with Gasteiger partial charge in [-0.25, -0.2) is 0 Å². The third-order valence-corrected chi connectivity index (χ3v) is 5.35. The molecule has 2 saturated carbocycles. The van der Waals surface area contributed by atoms with Gasteiger partial charge in [0.15, 0.2) is 0 Å². The zero-order valence-electron chi connectivity index (χ0n) is 13.0. The molecular weight excluding hydrogens is 246 g/mol. The summed E-state index contributed by atoms with van der Waals surface area (Å²) in [6, 6.07) is 9.37. The van der Waals surface area contributed by atoms with E-state index in [0.29, 0.717) is 23.5 Å². The molecule has 2 unspecified atom stereocenters. The number of para-hydroxylation sites is 1. The van der Waals surface area contributed by atoms with Crippen LogP contribution in [0, 0.1) is 5.41 Å². The van der Waals surface area contributed by atoms with E-state index in [-0.39, 0.29) is 0 Å². The lowest BCUT2D eigenvalue weighted by Gasteiger charge is -2.61. The van der Waals surface area contributed by atoms with Crippen molar-refractivity contribution in [3.63, 3.8) is 0 Å². The monoisotopic (exact) mass is 273 g/mol. The van der Waals surface area contributed by atoms with Gasteiger partial charge in [-0.1, -0.05) is 38.5 Å². The first-order valence-corrected chi connectivity index (χ1v) is 8.14. The quantitative estimate of drug-likeness (QED) is 0.848. The second kappa shape index (κ2) is 5.40. The fourth-order valence-corrected chi connectivity index (χ4v) is 3.96. The largest absolute Gasteiger partial charge is 0.381 e. The lowest BCUT2D eigenvalue weighted by molar-refractivity contribution is -0.157. The molecule has 1 spiro atoms. The molecule has 2 fully saturated rings. The van der Waals surface area contributed by atoms with E-state index < -0.39 is 0 Å². The fraction of sp³-hybridized carbons (Fsp3) is 0.667. The molecule has 2 atom stereocenters. The van der Waals surface area contributed by atoms with Crippen LogP contribution < -0.4 is 5.32 Å². The van der Waals surface area contributed by atoms with Gasteiger partial charge in [-0.15, -0.1) is 0 Å². The summed E-state index contributed by atoms with van der Waals surface area (Å²) in [5.74, 6) is 0.568. The summed E-state index contributed by atoms with van der Waals surface area (Å²) in [7, 11) is 0. The van der Waals surface area contributed by atoms with Crippen molar-refractivity contribution in [3.05, 3.63) is 29.8 Å². The molecular formula is C18H27NO. The Balaban J connectivity index is 1.73. The van der Waals surface area contributed by atoms with E-state index in [1.807, 2.05) is 0 Å². The standard InChI is InChI=1S/C18H27NO/c1-4-20-17-12-16(18(17)10-7-11-18)19-15-9-6-5-8-14(15)13(2)3/h5-6,8-9,13,16-17,19H,4,7,10-12H2,1-3H3. The van der Waals surface area contributed by atoms with Gasteiger partial charge in [-0.2, -0.15) is 0 Å². The van der Waals surface area contributed by atoms with Crippen molar-refractivity contribution in [2.75, 3.05) is 11.9 Å². The molecule has 0 amide bonds. The molecule has 1 aromatic rings. The molecule has 2 heteroatoms. The number of ether oxygens (including phenoxy) is 1. The average molecular weight is 273 g/mol. The lowest BCUT2D eigenvalue weighted by atomic mass is 9.51. The molecule has 0 radical (unpaired) electrons. The highest BCUT2D eigenvalue weighted by molar-refractivity contribution is 5.54. The molecule has 3 rings (SSSR count). The number of anilines is 1. The minimum absolute atomic E-state index is 0.431. The number of hydrogen-bond donors (Lipinski definition) is 1. The third kappa shape index (κ3) is 2.14. The highest BCUT2D eigenvalue weighted by atomic mass is 16.5. The summed E-state index contributed by atoms with van der Waals surface area (Å²) in [6.07, 6.45) is 5.69. The zero-order valence-corrected chi connectivity index (χ0v) is 13.0. The number of nitrogens with one attached hydrogen (secondary N) is 1. The molecule has 0 saturated heterocycles. The maximum Gasteiger partial charge on any atom is 0.0670 e. The van der Waals surface area contributed by atoms with Crippen LogP contribution in [0.2, 0.25) is 0 Å². The second-order valence-electron chi connectivity index (χ2n) is 6.71. The Morgan fingerprint density at radius 3 is 2.65 bits per heavy atom. The SMILES string of the molecule is CCOC1CC(Nc2ccccc2C(C)C)C12CCC2. The van der Waals surface area contributed by atoms with Gasteiger partial charge in [0.05, 0.1) is 6.10 Å². The van der Waals surface area contributed by atoms with E-state index in [4.69, 9.17) is 4.74 Å². The van der Waals surface area contributed by atoms with Crippen LogP contribution in [0.25, 0.3) is 0 Å². The predicted molar refractivity (Wildman–Crippen MR) is 84.3 cm³/mol. The van der Waals surface area contributed by atoms with E-state index in [9.17, 15) is 0 Å². The van der Waals surface area contributed by atoms with E-state index in [0.717, 1.165) is 6.61 Å². The van der Waals surface area contributed by atoms with E-state index in [1.54, 1.807) is 0 Å². The molecule has 1 N–H and O–H groups in total. The highest BCUT2D eigenvalue weighted by Gasteiger charge is 2.58. The van der Waals surface area contributed by atoms with Crippen LogP contribution in [0.3, 0.4) is 0 Å².